The van der Waals surface area contributed by atoms with Gasteiger partial charge in [0.05, 0.1) is 11.8 Å². The van der Waals surface area contributed by atoms with Gasteiger partial charge in [0.15, 0.2) is 0 Å². The number of benzene rings is 4. The first-order valence-electron chi connectivity index (χ1n) is 10.7. The van der Waals surface area contributed by atoms with Crippen LogP contribution in [0.15, 0.2) is 94.5 Å². The molecule has 4 nitrogen and oxygen atoms in total. The Labute approximate surface area is 204 Å². The average molecular weight is 518 g/mol. The summed E-state index contributed by atoms with van der Waals surface area (Å²) in [6, 6.07) is 27.3. The van der Waals surface area contributed by atoms with Crippen molar-refractivity contribution in [3.8, 4) is 5.75 Å². The zero-order valence-corrected chi connectivity index (χ0v) is 19.8. The molecule has 0 fully saturated rings. The molecule has 2 atom stereocenters. The topological polar surface area (TPSA) is 41.9 Å². The molecule has 0 aliphatic carbocycles. The Morgan fingerprint density at radius 3 is 2.58 bits per heavy atom. The van der Waals surface area contributed by atoms with E-state index in [2.05, 4.69) is 52.3 Å². The van der Waals surface area contributed by atoms with Crippen LogP contribution in [0.1, 0.15) is 33.9 Å². The van der Waals surface area contributed by atoms with E-state index in [0.29, 0.717) is 22.8 Å². The van der Waals surface area contributed by atoms with Crippen molar-refractivity contribution < 1.29 is 9.53 Å². The molecule has 0 unspecified atom stereocenters. The first-order valence-corrected chi connectivity index (χ1v) is 11.8. The van der Waals surface area contributed by atoms with Gasteiger partial charge in [-0.2, -0.15) is 5.10 Å². The molecule has 6 rings (SSSR count). The number of ether oxygens (including phenoxy) is 1. The highest BCUT2D eigenvalue weighted by molar-refractivity contribution is 9.10. The van der Waals surface area contributed by atoms with Crippen LogP contribution in [0.5, 0.6) is 5.75 Å². The van der Waals surface area contributed by atoms with Gasteiger partial charge < -0.3 is 4.74 Å². The lowest BCUT2D eigenvalue weighted by atomic mass is 9.95. The quantitative estimate of drug-likeness (QED) is 0.275. The molecule has 0 bridgehead atoms. The molecular formula is C27H18BrClN2O2. The maximum Gasteiger partial charge on any atom is 0.251 e. The van der Waals surface area contributed by atoms with Crippen LogP contribution in [0.25, 0.3) is 10.8 Å². The van der Waals surface area contributed by atoms with Gasteiger partial charge in [-0.1, -0.05) is 63.9 Å². The van der Waals surface area contributed by atoms with E-state index in [9.17, 15) is 4.79 Å². The van der Waals surface area contributed by atoms with Gasteiger partial charge >= 0.3 is 0 Å². The summed E-state index contributed by atoms with van der Waals surface area (Å²) in [5, 5.41) is 9.67. The van der Waals surface area contributed by atoms with Gasteiger partial charge in [0.25, 0.3) is 6.23 Å². The van der Waals surface area contributed by atoms with E-state index >= 15 is 0 Å². The highest BCUT2D eigenvalue weighted by Crippen LogP contribution is 2.44. The second-order valence-corrected chi connectivity index (χ2v) is 9.58. The molecule has 162 valence electrons. The number of carbonyl (C=O) groups excluding carboxylic acids is 1. The van der Waals surface area contributed by atoms with Crippen molar-refractivity contribution in [2.24, 2.45) is 5.10 Å². The summed E-state index contributed by atoms with van der Waals surface area (Å²) in [6.07, 6.45) is -0.155. The monoisotopic (exact) mass is 516 g/mol. The third kappa shape index (κ3) is 3.62. The number of Topliss-reactive ketones (excluding diaryl/α,β-unsaturated/α-hetero) is 1. The number of rotatable bonds is 3. The summed E-state index contributed by atoms with van der Waals surface area (Å²) in [4.78, 5) is 13.5. The van der Waals surface area contributed by atoms with Gasteiger partial charge in [0, 0.05) is 27.0 Å². The molecule has 0 saturated carbocycles. The first-order chi connectivity index (χ1) is 16.1. The fourth-order valence-corrected chi connectivity index (χ4v) is 5.04. The zero-order chi connectivity index (χ0) is 22.5. The van der Waals surface area contributed by atoms with Crippen molar-refractivity contribution >= 4 is 49.8 Å². The maximum atomic E-state index is 13.5. The lowest BCUT2D eigenvalue weighted by molar-refractivity contribution is -0.00459. The van der Waals surface area contributed by atoms with E-state index in [4.69, 9.17) is 21.4 Å². The van der Waals surface area contributed by atoms with Crippen LogP contribution in [0.4, 0.5) is 0 Å². The van der Waals surface area contributed by atoms with Gasteiger partial charge in [0.1, 0.15) is 5.75 Å². The van der Waals surface area contributed by atoms with Crippen molar-refractivity contribution in [2.75, 3.05) is 0 Å². The van der Waals surface area contributed by atoms with Gasteiger partial charge in [-0.3, -0.25) is 4.79 Å². The van der Waals surface area contributed by atoms with Crippen LogP contribution < -0.4 is 4.74 Å². The molecule has 6 heteroatoms. The SMILES string of the molecule is O=C(c1ccc(Cl)cc1)[C@H]1Oc2ccc(Br)cc2[C@H]2CC(c3ccc4ccccc4c3)=NN12. The standard InChI is InChI=1S/C27H18BrClN2O2/c28-20-9-12-25-22(14-20)24-15-23(19-6-5-16-3-1-2-4-18(16)13-19)30-31(24)27(33-25)26(32)17-7-10-21(29)11-8-17/h1-14,24,27H,15H2/t24-,27-/m1/s1. The Hall–Kier alpha value is -3.15. The molecule has 0 saturated heterocycles. The number of nitrogens with zero attached hydrogens (tertiary/aromatic N) is 2. The summed E-state index contributed by atoms with van der Waals surface area (Å²) >= 11 is 9.59. The second kappa shape index (κ2) is 8.01. The lowest BCUT2D eigenvalue weighted by Crippen LogP contribution is -2.45. The van der Waals surface area contributed by atoms with Gasteiger partial charge in [-0.25, -0.2) is 5.01 Å². The predicted octanol–water partition coefficient (Wildman–Crippen LogP) is 7.01. The lowest BCUT2D eigenvalue weighted by Gasteiger charge is -2.37. The van der Waals surface area contributed by atoms with Crippen LogP contribution in [-0.2, 0) is 0 Å². The molecule has 0 amide bonds. The number of fused-ring (bicyclic) bond motifs is 4. The number of ketones is 1. The summed E-state index contributed by atoms with van der Waals surface area (Å²) in [5.41, 5.74) is 3.55. The number of hydrazone groups is 1. The minimum absolute atomic E-state index is 0.0889. The van der Waals surface area contributed by atoms with E-state index in [1.165, 1.54) is 5.39 Å². The van der Waals surface area contributed by atoms with E-state index in [1.54, 1.807) is 24.3 Å². The average Bonchev–Trinajstić information content (AvgIpc) is 3.29. The summed E-state index contributed by atoms with van der Waals surface area (Å²) in [7, 11) is 0. The van der Waals surface area contributed by atoms with Crippen LogP contribution in [0, 0.1) is 0 Å². The predicted molar refractivity (Wildman–Crippen MR) is 134 cm³/mol. The highest BCUT2D eigenvalue weighted by Gasteiger charge is 2.43. The van der Waals surface area contributed by atoms with Crippen molar-refractivity contribution in [3.63, 3.8) is 0 Å². The third-order valence-corrected chi connectivity index (χ3v) is 6.93. The first kappa shape index (κ1) is 20.5. The Morgan fingerprint density at radius 2 is 1.76 bits per heavy atom. The summed E-state index contributed by atoms with van der Waals surface area (Å²) in [5.74, 6) is 0.565. The van der Waals surface area contributed by atoms with Crippen LogP contribution >= 0.6 is 27.5 Å². The van der Waals surface area contributed by atoms with E-state index < -0.39 is 6.23 Å². The number of hydrogen-bond donors (Lipinski definition) is 0. The molecule has 0 N–H and O–H groups in total. The zero-order valence-electron chi connectivity index (χ0n) is 17.4. The van der Waals surface area contributed by atoms with Crippen LogP contribution in [0.3, 0.4) is 0 Å². The fourth-order valence-electron chi connectivity index (χ4n) is 4.53. The molecule has 2 aliphatic heterocycles. The van der Waals surface area contributed by atoms with Gasteiger partial charge in [0.2, 0.25) is 5.78 Å². The Balaban J connectivity index is 1.43. The summed E-state index contributed by atoms with van der Waals surface area (Å²) < 4.78 is 7.18. The van der Waals surface area contributed by atoms with E-state index in [0.717, 1.165) is 26.7 Å². The third-order valence-electron chi connectivity index (χ3n) is 6.19. The van der Waals surface area contributed by atoms with Crippen LogP contribution in [0.2, 0.25) is 5.02 Å². The minimum atomic E-state index is -0.845. The van der Waals surface area contributed by atoms with Crippen molar-refractivity contribution in [3.05, 3.63) is 111 Å². The molecule has 2 aliphatic rings. The molecule has 33 heavy (non-hydrogen) atoms. The number of carbonyl (C=O) groups is 1. The Morgan fingerprint density at radius 1 is 0.970 bits per heavy atom. The summed E-state index contributed by atoms with van der Waals surface area (Å²) in [6.45, 7) is 0. The Kier molecular flexibility index (Phi) is 4.97. The molecular weight excluding hydrogens is 500 g/mol. The molecule has 4 aromatic carbocycles. The second-order valence-electron chi connectivity index (χ2n) is 8.23. The molecule has 4 aromatic rings. The largest absolute Gasteiger partial charge is 0.461 e. The van der Waals surface area contributed by atoms with E-state index in [-0.39, 0.29) is 11.8 Å². The van der Waals surface area contributed by atoms with Gasteiger partial charge in [-0.05, 0) is 64.9 Å². The number of hydrogen-bond acceptors (Lipinski definition) is 4. The molecule has 2 heterocycles. The normalized spacial score (nSPS) is 19.0. The molecule has 0 spiro atoms. The Bertz CT molecular complexity index is 1430. The van der Waals surface area contributed by atoms with E-state index in [1.807, 2.05) is 29.3 Å². The van der Waals surface area contributed by atoms with Crippen molar-refractivity contribution in [1.29, 1.82) is 0 Å². The van der Waals surface area contributed by atoms with Gasteiger partial charge in [-0.15, -0.1) is 0 Å². The fraction of sp³-hybridized carbons (Fsp3) is 0.111. The maximum absolute atomic E-state index is 13.5. The van der Waals surface area contributed by atoms with Crippen molar-refractivity contribution in [1.82, 2.24) is 5.01 Å². The molecule has 0 radical (unpaired) electrons. The minimum Gasteiger partial charge on any atom is -0.461 e. The highest BCUT2D eigenvalue weighted by atomic mass is 79.9. The molecule has 0 aromatic heterocycles. The van der Waals surface area contributed by atoms with Crippen molar-refractivity contribution in [2.45, 2.75) is 18.7 Å². The number of halogens is 2. The smallest absolute Gasteiger partial charge is 0.251 e. The van der Waals surface area contributed by atoms with Crippen LogP contribution in [-0.4, -0.2) is 22.7 Å².